The maximum Gasteiger partial charge on any atom is 0.217 e. The third-order valence-electron chi connectivity index (χ3n) is 3.31. The third-order valence-corrected chi connectivity index (χ3v) is 3.31. The molecule has 4 nitrogen and oxygen atoms in total. The molecular formula is C16H31NO3. The molecule has 3 N–H and O–H groups in total. The molecule has 0 aromatic carbocycles. The zero-order valence-corrected chi connectivity index (χ0v) is 13.0. The molecule has 0 fully saturated rings. The fraction of sp³-hybridized carbons (Fsp3) is 0.812. The summed E-state index contributed by atoms with van der Waals surface area (Å²) >= 11 is 0. The summed E-state index contributed by atoms with van der Waals surface area (Å²) in [6, 6.07) is -0.613. The summed E-state index contributed by atoms with van der Waals surface area (Å²) in [5, 5.41) is 21.4. The quantitative estimate of drug-likeness (QED) is 0.381. The lowest BCUT2D eigenvalue weighted by molar-refractivity contribution is -0.120. The van der Waals surface area contributed by atoms with E-state index in [-0.39, 0.29) is 12.5 Å². The van der Waals surface area contributed by atoms with Crippen LogP contribution in [0.5, 0.6) is 0 Å². The van der Waals surface area contributed by atoms with Crippen molar-refractivity contribution in [1.29, 1.82) is 0 Å². The van der Waals surface area contributed by atoms with E-state index in [1.54, 1.807) is 6.08 Å². The Morgan fingerprint density at radius 2 is 1.75 bits per heavy atom. The van der Waals surface area contributed by atoms with E-state index in [0.29, 0.717) is 0 Å². The normalized spacial score (nSPS) is 14.4. The number of amides is 1. The molecule has 2 atom stereocenters. The van der Waals surface area contributed by atoms with Crippen molar-refractivity contribution in [2.24, 2.45) is 0 Å². The minimum absolute atomic E-state index is 0.247. The second kappa shape index (κ2) is 13.1. The van der Waals surface area contributed by atoms with Gasteiger partial charge in [-0.1, -0.05) is 57.6 Å². The van der Waals surface area contributed by atoms with Gasteiger partial charge in [-0.25, -0.2) is 0 Å². The van der Waals surface area contributed by atoms with E-state index in [2.05, 4.69) is 12.2 Å². The number of rotatable bonds is 12. The minimum Gasteiger partial charge on any atom is -0.394 e. The van der Waals surface area contributed by atoms with Crippen LogP contribution in [0.2, 0.25) is 0 Å². The molecule has 1 amide bonds. The molecule has 0 aliphatic carbocycles. The van der Waals surface area contributed by atoms with Crippen molar-refractivity contribution < 1.29 is 15.0 Å². The summed E-state index contributed by atoms with van der Waals surface area (Å²) < 4.78 is 0. The molecule has 0 saturated heterocycles. The zero-order chi connectivity index (χ0) is 15.2. The van der Waals surface area contributed by atoms with E-state index < -0.39 is 12.1 Å². The smallest absolute Gasteiger partial charge is 0.217 e. The maximum atomic E-state index is 10.9. The van der Waals surface area contributed by atoms with Crippen molar-refractivity contribution in [2.45, 2.75) is 77.4 Å². The lowest BCUT2D eigenvalue weighted by atomic mass is 10.1. The highest BCUT2D eigenvalue weighted by atomic mass is 16.3. The Morgan fingerprint density at radius 1 is 1.15 bits per heavy atom. The van der Waals surface area contributed by atoms with Crippen LogP contribution in [0.3, 0.4) is 0 Å². The molecule has 4 heteroatoms. The number of carbonyl (C=O) groups excluding carboxylic acids is 1. The number of aliphatic hydroxyl groups is 2. The molecule has 0 heterocycles. The highest BCUT2D eigenvalue weighted by Crippen LogP contribution is 2.09. The van der Waals surface area contributed by atoms with Gasteiger partial charge in [-0.3, -0.25) is 4.79 Å². The molecule has 0 spiro atoms. The summed E-state index contributed by atoms with van der Waals surface area (Å²) in [5.74, 6) is -0.247. The van der Waals surface area contributed by atoms with Gasteiger partial charge in [0.2, 0.25) is 5.91 Å². The number of unbranched alkanes of at least 4 members (excludes halogenated alkanes) is 7. The van der Waals surface area contributed by atoms with Crippen LogP contribution in [0.4, 0.5) is 0 Å². The van der Waals surface area contributed by atoms with Gasteiger partial charge in [-0.15, -0.1) is 0 Å². The predicted octanol–water partition coefficient (Wildman–Crippen LogP) is 2.54. The Balaban J connectivity index is 3.64. The van der Waals surface area contributed by atoms with Gasteiger partial charge in [0, 0.05) is 6.92 Å². The number of hydrogen-bond donors (Lipinski definition) is 3. The topological polar surface area (TPSA) is 69.6 Å². The second-order valence-corrected chi connectivity index (χ2v) is 5.32. The Morgan fingerprint density at radius 3 is 2.30 bits per heavy atom. The van der Waals surface area contributed by atoms with Gasteiger partial charge in [0.15, 0.2) is 0 Å². The van der Waals surface area contributed by atoms with Crippen LogP contribution in [-0.2, 0) is 4.79 Å². The molecule has 0 aliphatic heterocycles. The van der Waals surface area contributed by atoms with Crippen LogP contribution in [0.15, 0.2) is 12.2 Å². The number of aliphatic hydroxyl groups excluding tert-OH is 2. The van der Waals surface area contributed by atoms with Gasteiger partial charge in [0.05, 0.1) is 18.8 Å². The monoisotopic (exact) mass is 285 g/mol. The minimum atomic E-state index is -0.826. The molecule has 20 heavy (non-hydrogen) atoms. The fourth-order valence-electron chi connectivity index (χ4n) is 2.09. The average molecular weight is 285 g/mol. The van der Waals surface area contributed by atoms with Gasteiger partial charge in [-0.05, 0) is 12.8 Å². The van der Waals surface area contributed by atoms with Crippen molar-refractivity contribution >= 4 is 5.91 Å². The van der Waals surface area contributed by atoms with E-state index in [0.717, 1.165) is 12.8 Å². The molecule has 0 radical (unpaired) electrons. The summed E-state index contributed by atoms with van der Waals surface area (Å²) in [4.78, 5) is 10.9. The fourth-order valence-corrected chi connectivity index (χ4v) is 2.09. The average Bonchev–Trinajstić information content (AvgIpc) is 2.42. The van der Waals surface area contributed by atoms with E-state index in [1.165, 1.54) is 45.4 Å². The van der Waals surface area contributed by atoms with E-state index in [9.17, 15) is 9.90 Å². The number of allylic oxidation sites excluding steroid dienone is 1. The van der Waals surface area contributed by atoms with E-state index in [1.807, 2.05) is 6.08 Å². The van der Waals surface area contributed by atoms with Gasteiger partial charge in [0.1, 0.15) is 0 Å². The van der Waals surface area contributed by atoms with Crippen molar-refractivity contribution in [1.82, 2.24) is 5.32 Å². The first-order valence-electron chi connectivity index (χ1n) is 7.84. The van der Waals surface area contributed by atoms with Crippen LogP contribution in [0.25, 0.3) is 0 Å². The van der Waals surface area contributed by atoms with Gasteiger partial charge in [0.25, 0.3) is 0 Å². The molecular weight excluding hydrogens is 254 g/mol. The molecule has 0 saturated carbocycles. The molecule has 0 aromatic heterocycles. The van der Waals surface area contributed by atoms with Crippen molar-refractivity contribution in [3.8, 4) is 0 Å². The van der Waals surface area contributed by atoms with Crippen molar-refractivity contribution in [3.63, 3.8) is 0 Å². The standard InChI is InChI=1S/C16H31NO3/c1-3-4-5-6-7-8-9-10-11-12-16(20)15(13-18)17-14(2)19/h11-12,15-16,18,20H,3-10,13H2,1-2H3,(H,17,19)/b12-11+. The van der Waals surface area contributed by atoms with Crippen molar-refractivity contribution in [2.75, 3.05) is 6.61 Å². The van der Waals surface area contributed by atoms with Crippen LogP contribution >= 0.6 is 0 Å². The number of hydrogen-bond acceptors (Lipinski definition) is 3. The Labute approximate surface area is 123 Å². The second-order valence-electron chi connectivity index (χ2n) is 5.32. The Hall–Kier alpha value is -0.870. The van der Waals surface area contributed by atoms with Crippen LogP contribution < -0.4 is 5.32 Å². The van der Waals surface area contributed by atoms with E-state index >= 15 is 0 Å². The van der Waals surface area contributed by atoms with Gasteiger partial charge >= 0.3 is 0 Å². The number of carbonyl (C=O) groups is 1. The molecule has 118 valence electrons. The molecule has 0 rings (SSSR count). The summed E-state index contributed by atoms with van der Waals surface area (Å²) in [5.41, 5.74) is 0. The summed E-state index contributed by atoms with van der Waals surface area (Å²) in [6.07, 6.45) is 12.6. The number of nitrogens with one attached hydrogen (secondary N) is 1. The molecule has 0 aliphatic rings. The largest absolute Gasteiger partial charge is 0.394 e. The van der Waals surface area contributed by atoms with Crippen LogP contribution in [0.1, 0.15) is 65.2 Å². The first kappa shape index (κ1) is 19.1. The zero-order valence-electron chi connectivity index (χ0n) is 13.0. The summed E-state index contributed by atoms with van der Waals surface area (Å²) in [6.45, 7) is 3.33. The Kier molecular flexibility index (Phi) is 12.6. The maximum absolute atomic E-state index is 10.9. The molecule has 2 unspecified atom stereocenters. The first-order chi connectivity index (χ1) is 9.61. The SMILES string of the molecule is CCCCCCCCC/C=C/C(O)C(CO)NC(C)=O. The highest BCUT2D eigenvalue weighted by molar-refractivity contribution is 5.73. The van der Waals surface area contributed by atoms with Crippen molar-refractivity contribution in [3.05, 3.63) is 12.2 Å². The van der Waals surface area contributed by atoms with Gasteiger partial charge in [-0.2, -0.15) is 0 Å². The molecule has 0 bridgehead atoms. The lowest BCUT2D eigenvalue weighted by Gasteiger charge is -2.18. The summed E-state index contributed by atoms with van der Waals surface area (Å²) in [7, 11) is 0. The third kappa shape index (κ3) is 11.0. The van der Waals surface area contributed by atoms with Crippen LogP contribution in [0, 0.1) is 0 Å². The highest BCUT2D eigenvalue weighted by Gasteiger charge is 2.15. The first-order valence-corrected chi connectivity index (χ1v) is 7.84. The van der Waals surface area contributed by atoms with Gasteiger partial charge < -0.3 is 15.5 Å². The van der Waals surface area contributed by atoms with E-state index in [4.69, 9.17) is 5.11 Å². The predicted molar refractivity (Wildman–Crippen MR) is 82.4 cm³/mol. The Bertz CT molecular complexity index is 266. The lowest BCUT2D eigenvalue weighted by Crippen LogP contribution is -2.44. The van der Waals surface area contributed by atoms with Crippen LogP contribution in [-0.4, -0.2) is 34.9 Å². The molecule has 0 aromatic rings.